The number of hydrogen-bond acceptors (Lipinski definition) is 4. The van der Waals surface area contributed by atoms with Crippen LogP contribution in [0.5, 0.6) is 0 Å². The van der Waals surface area contributed by atoms with Gasteiger partial charge in [-0.3, -0.25) is 0 Å². The fourth-order valence-electron chi connectivity index (χ4n) is 7.44. The first-order chi connectivity index (χ1) is 33.2. The molecule has 0 saturated carbocycles. The molecule has 0 fully saturated rings. The number of benzene rings is 4. The first-order valence-electron chi connectivity index (χ1n) is 20.8. The van der Waals surface area contributed by atoms with Crippen LogP contribution < -0.4 is 22.1 Å². The van der Waals surface area contributed by atoms with E-state index in [1.54, 1.807) is 0 Å². The number of halogens is 2. The topological polar surface area (TPSA) is 86.2 Å². The number of nitrogens with two attached hydrogens (primary N) is 2. The Morgan fingerprint density at radius 3 is 1.09 bits per heavy atom. The molecule has 0 bridgehead atoms. The third-order valence-electron chi connectivity index (χ3n) is 10.3. The Bertz CT molecular complexity index is 2990. The standard InChI is InChI=1S/C44H24O2P2S.C14H16N2.2ClH.Ru/c1-5-9-13-21-33-47(34-22-14-10-6-2)41-31-29-37-25-17-19-27-39(37)43(41)49(45,46)44-40-28-20-18-26-38(40)30-32-42(44)48(35-23-15-11-7-3)36-24-16-12-8-4;15-13(11-7-3-1-4-8-11)14(16)12-9-5-2-6-10-12;;;/h1-4,29-32H,17-20,25-28H2;1-10,13-14H,15-16H2;2*1H;/q;;;;+4. The van der Waals surface area contributed by atoms with Gasteiger partial charge in [0.25, 0.3) is 0 Å². The van der Waals surface area contributed by atoms with E-state index in [1.807, 2.05) is 84.9 Å². The van der Waals surface area contributed by atoms with Crippen LogP contribution in [0.4, 0.5) is 0 Å². The Morgan fingerprint density at radius 1 is 0.471 bits per heavy atom. The van der Waals surface area contributed by atoms with E-state index in [-0.39, 0.29) is 37.0 Å². The molecule has 4 aromatic carbocycles. The van der Waals surface area contributed by atoms with E-state index in [4.69, 9.17) is 56.5 Å². The van der Waals surface area contributed by atoms with Crippen LogP contribution >= 0.6 is 35.2 Å². The summed E-state index contributed by atoms with van der Waals surface area (Å²) in [5.41, 5.74) is 30.5. The van der Waals surface area contributed by atoms with E-state index >= 15 is 8.42 Å². The summed E-state index contributed by atoms with van der Waals surface area (Å²) < 4.78 is 31.1. The number of fused-ring (bicyclic) bond motifs is 2. The van der Waals surface area contributed by atoms with Crippen molar-refractivity contribution >= 4 is 55.7 Å². The van der Waals surface area contributed by atoms with Gasteiger partial charge in [-0.15, -0.1) is 25.7 Å². The molecule has 0 aliphatic heterocycles. The molecule has 2 atom stereocenters. The van der Waals surface area contributed by atoms with Crippen molar-refractivity contribution in [3.8, 4) is 143 Å². The second-order valence-electron chi connectivity index (χ2n) is 14.3. The Balaban J connectivity index is 0.000000439. The van der Waals surface area contributed by atoms with Crippen molar-refractivity contribution in [3.05, 3.63) is 118 Å². The molecule has 4 aromatic rings. The molecule has 2 unspecified atom stereocenters. The van der Waals surface area contributed by atoms with E-state index < -0.39 is 25.7 Å². The molecule has 330 valence electrons. The molecule has 68 heavy (non-hydrogen) atoms. The first-order valence-corrected chi connectivity index (χ1v) is 29.8. The zero-order valence-corrected chi connectivity index (χ0v) is 42.8. The van der Waals surface area contributed by atoms with Gasteiger partial charge in [0.05, 0.1) is 0 Å². The van der Waals surface area contributed by atoms with Gasteiger partial charge in [0, 0.05) is 59.4 Å². The molecule has 2 aliphatic carbocycles. The molecule has 0 amide bonds. The average molecular weight is 1060 g/mol. The summed E-state index contributed by atoms with van der Waals surface area (Å²) in [4.78, 5) is 0.498. The van der Waals surface area contributed by atoms with Gasteiger partial charge >= 0.3 is 34.5 Å². The number of terminal acetylenes is 4. The van der Waals surface area contributed by atoms with Gasteiger partial charge in [-0.05, 0) is 144 Å². The third-order valence-corrected chi connectivity index (χ3v) is 16.1. The number of aryl methyl sites for hydroxylation is 2. The van der Waals surface area contributed by atoms with Crippen LogP contribution in [0.25, 0.3) is 0 Å². The van der Waals surface area contributed by atoms with Gasteiger partial charge in [-0.2, -0.15) is 0 Å². The molecule has 0 aromatic heterocycles. The molecule has 2 aliphatic rings. The van der Waals surface area contributed by atoms with Gasteiger partial charge in [-0.1, -0.05) is 72.8 Å². The second kappa shape index (κ2) is 30.0. The minimum atomic E-state index is -4.21. The van der Waals surface area contributed by atoms with Crippen molar-refractivity contribution in [2.75, 3.05) is 0 Å². The van der Waals surface area contributed by atoms with Crippen molar-refractivity contribution in [1.82, 2.24) is 0 Å². The molecule has 0 heterocycles. The second-order valence-corrected chi connectivity index (χ2v) is 22.4. The molecule has 4 N–H and O–H groups in total. The van der Waals surface area contributed by atoms with Crippen molar-refractivity contribution in [2.24, 2.45) is 11.5 Å². The molecule has 4 nitrogen and oxygen atoms in total. The van der Waals surface area contributed by atoms with Gasteiger partial charge in [0.2, 0.25) is 9.84 Å². The SMILES string of the molecule is C#CC#CC#C[PH+](C#CC#CC#C)c1ccc2c(c1S(=O)(=O)c1c([PH+](C#CC#CC#C)C#CC#CC#C)ccc3c1CCCC3)CCCC2.NC(c1ccccc1)C(N)c1ccccc1.[Cl][Ru+2][Cl]. The van der Waals surface area contributed by atoms with Crippen molar-refractivity contribution in [2.45, 2.75) is 73.2 Å². The fraction of sp³-hybridized carbons (Fsp3) is 0.172. The Labute approximate surface area is 422 Å². The summed E-state index contributed by atoms with van der Waals surface area (Å²) in [6, 6.07) is 27.3. The van der Waals surface area contributed by atoms with Crippen molar-refractivity contribution in [1.29, 1.82) is 0 Å². The first kappa shape index (κ1) is 54.1. The van der Waals surface area contributed by atoms with Crippen LogP contribution in [0.3, 0.4) is 0 Å². The predicted octanol–water partition coefficient (Wildman–Crippen LogP) is 8.11. The van der Waals surface area contributed by atoms with E-state index in [0.29, 0.717) is 23.5 Å². The number of hydrogen-bond donors (Lipinski definition) is 2. The summed E-state index contributed by atoms with van der Waals surface area (Å²) >= 11 is -0.346. The van der Waals surface area contributed by atoms with Crippen molar-refractivity contribution in [3.63, 3.8) is 0 Å². The monoisotopic (exact) mass is 1060 g/mol. The summed E-state index contributed by atoms with van der Waals surface area (Å²) in [5, 5.41) is 1.08. The minimum absolute atomic E-state index is 0.163. The summed E-state index contributed by atoms with van der Waals surface area (Å²) in [6.45, 7) is 0. The molecule has 6 rings (SSSR count). The van der Waals surface area contributed by atoms with Crippen LogP contribution in [0, 0.1) is 143 Å². The van der Waals surface area contributed by atoms with Gasteiger partial charge in [0.1, 0.15) is 43.0 Å². The molecular weight excluding hydrogens is 1020 g/mol. The molecule has 0 spiro atoms. The van der Waals surface area contributed by atoms with Crippen LogP contribution in [-0.2, 0) is 50.7 Å². The number of rotatable bonds is 7. The van der Waals surface area contributed by atoms with Crippen LogP contribution in [0.15, 0.2) is 94.7 Å². The quantitative estimate of drug-likeness (QED) is 0.111. The van der Waals surface area contributed by atoms with Crippen LogP contribution in [-0.4, -0.2) is 8.42 Å². The molecule has 10 heteroatoms. The zero-order chi connectivity index (χ0) is 49.0. The zero-order valence-electron chi connectivity index (χ0n) is 36.7. The summed E-state index contributed by atoms with van der Waals surface area (Å²) in [5.74, 6) is 40.6. The van der Waals surface area contributed by atoms with Gasteiger partial charge < -0.3 is 11.5 Å². The molecule has 0 saturated heterocycles. The van der Waals surface area contributed by atoms with Crippen LogP contribution in [0.2, 0.25) is 0 Å². The van der Waals surface area contributed by atoms with E-state index in [1.165, 1.54) is 0 Å². The normalized spacial score (nSPS) is 11.9. The third kappa shape index (κ3) is 15.8. The van der Waals surface area contributed by atoms with Crippen LogP contribution in [0.1, 0.15) is 71.1 Å². The Hall–Kier alpha value is -6.47. The average Bonchev–Trinajstić information content (AvgIpc) is 3.37. The number of sulfone groups is 1. The van der Waals surface area contributed by atoms with Gasteiger partial charge in [-0.25, -0.2) is 8.42 Å². The molecular formula is C58H42Cl2N2O2P2RuS+4. The Morgan fingerprint density at radius 2 is 0.779 bits per heavy atom. The Kier molecular flexibility index (Phi) is 23.9. The summed E-state index contributed by atoms with van der Waals surface area (Å²) in [7, 11) is 1.11. The fourth-order valence-corrected chi connectivity index (χ4v) is 13.6. The molecule has 0 radical (unpaired) electrons. The van der Waals surface area contributed by atoms with Gasteiger partial charge in [0.15, 0.2) is 15.8 Å². The maximum atomic E-state index is 15.6. The maximum absolute atomic E-state index is 15.6. The summed E-state index contributed by atoms with van der Waals surface area (Å²) in [6.07, 6.45) is 27.6. The van der Waals surface area contributed by atoms with E-state index in [2.05, 4.69) is 117 Å². The van der Waals surface area contributed by atoms with E-state index in [0.717, 1.165) is 71.9 Å². The van der Waals surface area contributed by atoms with E-state index in [9.17, 15) is 0 Å². The van der Waals surface area contributed by atoms with Crippen molar-refractivity contribution < 1.29 is 23.6 Å². The predicted molar refractivity (Wildman–Crippen MR) is 284 cm³/mol.